The molecule has 0 aliphatic rings. The zero-order valence-electron chi connectivity index (χ0n) is 8.38. The first-order chi connectivity index (χ1) is 6.02. The van der Waals surface area contributed by atoms with Crippen molar-refractivity contribution < 1.29 is 14.3 Å². The van der Waals surface area contributed by atoms with Gasteiger partial charge in [0.15, 0.2) is 6.10 Å². The van der Waals surface area contributed by atoms with Gasteiger partial charge >= 0.3 is 0 Å². The predicted molar refractivity (Wildman–Crippen MR) is 48.1 cm³/mol. The summed E-state index contributed by atoms with van der Waals surface area (Å²) in [6.45, 7) is 3.11. The maximum Gasteiger partial charge on any atom is 0.250 e. The SMILES string of the molecule is CNC(=O)C(OC)C(C)NC(C)=O. The monoisotopic (exact) mass is 188 g/mol. The normalized spacial score (nSPS) is 14.5. The highest BCUT2D eigenvalue weighted by Gasteiger charge is 2.23. The van der Waals surface area contributed by atoms with Gasteiger partial charge in [0, 0.05) is 21.1 Å². The van der Waals surface area contributed by atoms with E-state index in [1.807, 2.05) is 0 Å². The van der Waals surface area contributed by atoms with Crippen LogP contribution in [0.4, 0.5) is 0 Å². The van der Waals surface area contributed by atoms with Crippen LogP contribution in [0.2, 0.25) is 0 Å². The summed E-state index contributed by atoms with van der Waals surface area (Å²) in [4.78, 5) is 21.9. The van der Waals surface area contributed by atoms with Crippen LogP contribution < -0.4 is 10.6 Å². The summed E-state index contributed by atoms with van der Waals surface area (Å²) in [5, 5.41) is 5.04. The van der Waals surface area contributed by atoms with E-state index < -0.39 is 6.10 Å². The number of ether oxygens (including phenoxy) is 1. The van der Waals surface area contributed by atoms with Crippen molar-refractivity contribution in [2.45, 2.75) is 26.0 Å². The first-order valence-corrected chi connectivity index (χ1v) is 4.04. The minimum absolute atomic E-state index is 0.182. The fourth-order valence-corrected chi connectivity index (χ4v) is 1.08. The summed E-state index contributed by atoms with van der Waals surface area (Å²) >= 11 is 0. The van der Waals surface area contributed by atoms with E-state index in [-0.39, 0.29) is 17.9 Å². The molecule has 2 amide bonds. The molecule has 0 rings (SSSR count). The third-order valence-electron chi connectivity index (χ3n) is 1.64. The number of likely N-dealkylation sites (N-methyl/N-ethyl adjacent to an activating group) is 1. The van der Waals surface area contributed by atoms with Crippen molar-refractivity contribution in [2.75, 3.05) is 14.2 Å². The fraction of sp³-hybridized carbons (Fsp3) is 0.750. The Morgan fingerprint density at radius 3 is 2.23 bits per heavy atom. The van der Waals surface area contributed by atoms with Gasteiger partial charge in [0.1, 0.15) is 0 Å². The van der Waals surface area contributed by atoms with Crippen molar-refractivity contribution in [2.24, 2.45) is 0 Å². The fourth-order valence-electron chi connectivity index (χ4n) is 1.08. The third kappa shape index (κ3) is 3.89. The van der Waals surface area contributed by atoms with E-state index in [1.165, 1.54) is 21.1 Å². The molecule has 13 heavy (non-hydrogen) atoms. The topological polar surface area (TPSA) is 67.4 Å². The first kappa shape index (κ1) is 11.9. The zero-order chi connectivity index (χ0) is 10.4. The molecule has 0 aliphatic carbocycles. The van der Waals surface area contributed by atoms with E-state index in [4.69, 9.17) is 4.74 Å². The van der Waals surface area contributed by atoms with Crippen LogP contribution in [0, 0.1) is 0 Å². The molecule has 0 aromatic heterocycles. The van der Waals surface area contributed by atoms with Crippen LogP contribution >= 0.6 is 0 Å². The highest BCUT2D eigenvalue weighted by Crippen LogP contribution is 1.97. The Balaban J connectivity index is 4.22. The van der Waals surface area contributed by atoms with E-state index in [9.17, 15) is 9.59 Å². The number of rotatable bonds is 4. The molecule has 0 fully saturated rings. The number of nitrogens with one attached hydrogen (secondary N) is 2. The molecule has 76 valence electrons. The molecule has 0 aromatic carbocycles. The van der Waals surface area contributed by atoms with Crippen molar-refractivity contribution in [1.29, 1.82) is 0 Å². The molecule has 5 nitrogen and oxygen atoms in total. The first-order valence-electron chi connectivity index (χ1n) is 4.04. The molecule has 2 unspecified atom stereocenters. The lowest BCUT2D eigenvalue weighted by atomic mass is 10.1. The molecule has 0 heterocycles. The second kappa shape index (κ2) is 5.53. The maximum atomic E-state index is 11.2. The smallest absolute Gasteiger partial charge is 0.250 e. The van der Waals surface area contributed by atoms with Gasteiger partial charge in [-0.05, 0) is 6.92 Å². The molecule has 2 atom stereocenters. The Morgan fingerprint density at radius 1 is 1.38 bits per heavy atom. The Hall–Kier alpha value is -1.10. The van der Waals surface area contributed by atoms with Crippen molar-refractivity contribution in [3.63, 3.8) is 0 Å². The summed E-state index contributed by atoms with van der Waals surface area (Å²) < 4.78 is 4.94. The number of hydrogen-bond donors (Lipinski definition) is 2. The molecule has 0 spiro atoms. The lowest BCUT2D eigenvalue weighted by Gasteiger charge is -2.21. The number of carbonyl (C=O) groups is 2. The zero-order valence-corrected chi connectivity index (χ0v) is 8.38. The van der Waals surface area contributed by atoms with E-state index >= 15 is 0 Å². The summed E-state index contributed by atoms with van der Waals surface area (Å²) in [5.41, 5.74) is 0. The van der Waals surface area contributed by atoms with Crippen LogP contribution in [0.5, 0.6) is 0 Å². The van der Waals surface area contributed by atoms with E-state index in [0.717, 1.165) is 0 Å². The molecule has 0 bridgehead atoms. The van der Waals surface area contributed by atoms with Gasteiger partial charge in [0.25, 0.3) is 5.91 Å². The van der Waals surface area contributed by atoms with E-state index in [0.29, 0.717) is 0 Å². The summed E-state index contributed by atoms with van der Waals surface area (Å²) in [7, 11) is 2.95. The van der Waals surface area contributed by atoms with Gasteiger partial charge in [-0.15, -0.1) is 0 Å². The van der Waals surface area contributed by atoms with Crippen LogP contribution in [0.15, 0.2) is 0 Å². The van der Waals surface area contributed by atoms with Gasteiger partial charge in [-0.3, -0.25) is 9.59 Å². The number of methoxy groups -OCH3 is 1. The molecular formula is C8H16N2O3. The summed E-state index contributed by atoms with van der Waals surface area (Å²) in [6.07, 6.45) is -0.645. The highest BCUT2D eigenvalue weighted by molar-refractivity contribution is 5.82. The van der Waals surface area contributed by atoms with Gasteiger partial charge < -0.3 is 15.4 Å². The average Bonchev–Trinajstić information content (AvgIpc) is 2.03. The predicted octanol–water partition coefficient (Wildman–Crippen LogP) is -0.728. The van der Waals surface area contributed by atoms with Crippen molar-refractivity contribution in [3.8, 4) is 0 Å². The van der Waals surface area contributed by atoms with Crippen molar-refractivity contribution >= 4 is 11.8 Å². The molecular weight excluding hydrogens is 172 g/mol. The van der Waals surface area contributed by atoms with Crippen LogP contribution in [0.3, 0.4) is 0 Å². The molecule has 0 aliphatic heterocycles. The van der Waals surface area contributed by atoms with Gasteiger partial charge in [-0.25, -0.2) is 0 Å². The van der Waals surface area contributed by atoms with Gasteiger partial charge in [0.05, 0.1) is 6.04 Å². The summed E-state index contributed by atoms with van der Waals surface area (Å²) in [6, 6.07) is -0.331. The van der Waals surface area contributed by atoms with Gasteiger partial charge in [-0.1, -0.05) is 0 Å². The number of carbonyl (C=O) groups excluding carboxylic acids is 2. The Morgan fingerprint density at radius 2 is 1.92 bits per heavy atom. The van der Waals surface area contributed by atoms with Crippen LogP contribution in [0.25, 0.3) is 0 Å². The number of hydrogen-bond acceptors (Lipinski definition) is 3. The second-order valence-corrected chi connectivity index (χ2v) is 2.76. The van der Waals surface area contributed by atoms with Gasteiger partial charge in [-0.2, -0.15) is 0 Å². The average molecular weight is 188 g/mol. The Labute approximate surface area is 77.8 Å². The lowest BCUT2D eigenvalue weighted by molar-refractivity contribution is -0.133. The van der Waals surface area contributed by atoms with Crippen molar-refractivity contribution in [1.82, 2.24) is 10.6 Å². The lowest BCUT2D eigenvalue weighted by Crippen LogP contribution is -2.48. The largest absolute Gasteiger partial charge is 0.369 e. The van der Waals surface area contributed by atoms with Crippen LogP contribution in [0.1, 0.15) is 13.8 Å². The standard InChI is InChI=1S/C8H16N2O3/c1-5(10-6(2)11)7(13-4)8(12)9-3/h5,7H,1-4H3,(H,9,12)(H,10,11). The van der Waals surface area contributed by atoms with E-state index in [1.54, 1.807) is 6.92 Å². The third-order valence-corrected chi connectivity index (χ3v) is 1.64. The molecule has 5 heteroatoms. The molecule has 2 N–H and O–H groups in total. The van der Waals surface area contributed by atoms with Gasteiger partial charge in [0.2, 0.25) is 5.91 Å². The summed E-state index contributed by atoms with van der Waals surface area (Å²) in [5.74, 6) is -0.429. The van der Waals surface area contributed by atoms with Crippen LogP contribution in [-0.4, -0.2) is 38.1 Å². The minimum atomic E-state index is -0.645. The van der Waals surface area contributed by atoms with E-state index in [2.05, 4.69) is 10.6 Å². The van der Waals surface area contributed by atoms with Crippen LogP contribution in [-0.2, 0) is 14.3 Å². The van der Waals surface area contributed by atoms with Crippen molar-refractivity contribution in [3.05, 3.63) is 0 Å². The Kier molecular flexibility index (Phi) is 5.06. The highest BCUT2D eigenvalue weighted by atomic mass is 16.5. The quantitative estimate of drug-likeness (QED) is 0.611. The molecule has 0 radical (unpaired) electrons. The Bertz CT molecular complexity index is 194. The molecule has 0 saturated heterocycles. The second-order valence-electron chi connectivity index (χ2n) is 2.76. The minimum Gasteiger partial charge on any atom is -0.369 e. The molecule has 0 saturated carbocycles. The number of amides is 2. The maximum absolute atomic E-state index is 11.2. The molecule has 0 aromatic rings.